The Bertz CT molecular complexity index is 68.3. The maximum absolute atomic E-state index is 5.27. The van der Waals surface area contributed by atoms with Crippen molar-refractivity contribution in [2.75, 3.05) is 13.7 Å². The second-order valence-electron chi connectivity index (χ2n) is 1.10. The van der Waals surface area contributed by atoms with Gasteiger partial charge in [-0.25, -0.2) is 0 Å². The van der Waals surface area contributed by atoms with Crippen molar-refractivity contribution in [1.82, 2.24) is 0 Å². The number of halogens is 2. The summed E-state index contributed by atoms with van der Waals surface area (Å²) in [7, 11) is 1.68. The zero-order chi connectivity index (χ0) is 6.62. The molecule has 50 valence electrons. The van der Waals surface area contributed by atoms with E-state index in [2.05, 4.69) is 43.6 Å². The van der Waals surface area contributed by atoms with Gasteiger partial charge in [0.05, 0.1) is 0 Å². The highest BCUT2D eigenvalue weighted by Crippen LogP contribution is 2.22. The molecule has 0 spiro atoms. The molecule has 0 aromatic carbocycles. The van der Waals surface area contributed by atoms with Crippen LogP contribution < -0.4 is 0 Å². The van der Waals surface area contributed by atoms with E-state index in [1.54, 1.807) is 7.11 Å². The lowest BCUT2D eigenvalue weighted by atomic mass is 10.9. The van der Waals surface area contributed by atoms with Crippen molar-refractivity contribution in [2.24, 2.45) is 0 Å². The Hall–Kier alpha value is 1.60. The molecule has 0 unspecified atom stereocenters. The van der Waals surface area contributed by atoms with Gasteiger partial charge in [0, 0.05) is 13.7 Å². The van der Waals surface area contributed by atoms with Gasteiger partial charge in [-0.15, -0.1) is 0 Å². The van der Waals surface area contributed by atoms with Gasteiger partial charge in [-0.3, -0.25) is 0 Å². The molecular formula is C3H8I2O2Si. The summed E-state index contributed by atoms with van der Waals surface area (Å²) in [4.78, 5) is 0. The predicted octanol–water partition coefficient (Wildman–Crippen LogP) is 1.97. The van der Waals surface area contributed by atoms with Gasteiger partial charge in [-0.2, -0.15) is 0 Å². The first-order valence-electron chi connectivity index (χ1n) is 2.19. The molecule has 0 fully saturated rings. The molecule has 8 heavy (non-hydrogen) atoms. The summed E-state index contributed by atoms with van der Waals surface area (Å²) in [6.45, 7) is 2.71. The van der Waals surface area contributed by atoms with Gasteiger partial charge in [0.15, 0.2) is 0 Å². The van der Waals surface area contributed by atoms with E-state index in [1.165, 1.54) is 0 Å². The topological polar surface area (TPSA) is 18.5 Å². The van der Waals surface area contributed by atoms with Crippen molar-refractivity contribution in [1.29, 1.82) is 0 Å². The highest BCUT2D eigenvalue weighted by atomic mass is 127. The molecule has 0 aliphatic carbocycles. The van der Waals surface area contributed by atoms with Crippen molar-refractivity contribution in [2.45, 2.75) is 6.92 Å². The number of hydrogen-bond acceptors (Lipinski definition) is 2. The van der Waals surface area contributed by atoms with Gasteiger partial charge in [0.1, 0.15) is 0 Å². The van der Waals surface area contributed by atoms with Crippen LogP contribution in [0, 0.1) is 0 Å². The summed E-state index contributed by atoms with van der Waals surface area (Å²) in [6.07, 6.45) is 0. The summed E-state index contributed by atoms with van der Waals surface area (Å²) in [6, 6.07) is 0. The van der Waals surface area contributed by atoms with Crippen LogP contribution in [0.25, 0.3) is 0 Å². The second-order valence-corrected chi connectivity index (χ2v) is 17.4. The SMILES string of the molecule is CCO[Si](I)(I)OC. The molecule has 0 bridgehead atoms. The van der Waals surface area contributed by atoms with Crippen molar-refractivity contribution >= 4 is 47.1 Å². The fraction of sp³-hybridized carbons (Fsp3) is 1.00. The van der Waals surface area contributed by atoms with E-state index in [1.807, 2.05) is 6.92 Å². The molecule has 0 N–H and O–H groups in total. The molecule has 0 aliphatic heterocycles. The van der Waals surface area contributed by atoms with Crippen LogP contribution in [0.5, 0.6) is 0 Å². The van der Waals surface area contributed by atoms with Crippen LogP contribution in [0.15, 0.2) is 0 Å². The van der Waals surface area contributed by atoms with Crippen LogP contribution in [-0.4, -0.2) is 17.3 Å². The third-order valence-corrected chi connectivity index (χ3v) is 6.16. The van der Waals surface area contributed by atoms with E-state index in [4.69, 9.17) is 8.85 Å². The Morgan fingerprint density at radius 2 is 2.00 bits per heavy atom. The molecular weight excluding hydrogens is 350 g/mol. The molecule has 0 atom stereocenters. The first-order chi connectivity index (χ1) is 3.62. The average molecular weight is 358 g/mol. The molecule has 0 aromatic rings. The molecule has 0 radical (unpaired) electrons. The van der Waals surface area contributed by atoms with E-state index in [0.29, 0.717) is 0 Å². The normalized spacial score (nSPS) is 12.0. The molecule has 0 amide bonds. The van der Waals surface area contributed by atoms with Gasteiger partial charge < -0.3 is 8.85 Å². The summed E-state index contributed by atoms with van der Waals surface area (Å²) < 4.78 is 8.60. The van der Waals surface area contributed by atoms with E-state index < -0.39 is 3.55 Å². The minimum absolute atomic E-state index is 0.742. The average Bonchev–Trinajstić information content (AvgIpc) is 1.67. The highest BCUT2D eigenvalue weighted by Gasteiger charge is 2.27. The Kier molecular flexibility index (Phi) is 5.30. The van der Waals surface area contributed by atoms with Gasteiger partial charge in [0.25, 0.3) is 0 Å². The first-order valence-corrected chi connectivity index (χ1v) is 10.2. The lowest BCUT2D eigenvalue weighted by Gasteiger charge is -2.13. The van der Waals surface area contributed by atoms with E-state index in [9.17, 15) is 0 Å². The van der Waals surface area contributed by atoms with Crippen LogP contribution in [0.1, 0.15) is 6.92 Å². The van der Waals surface area contributed by atoms with E-state index in [-0.39, 0.29) is 0 Å². The lowest BCUT2D eigenvalue weighted by molar-refractivity contribution is 0.262. The Morgan fingerprint density at radius 1 is 1.50 bits per heavy atom. The first kappa shape index (κ1) is 9.60. The molecule has 0 rings (SSSR count). The highest BCUT2D eigenvalue weighted by molar-refractivity contribution is 14.3. The van der Waals surface area contributed by atoms with Crippen LogP contribution in [0.3, 0.4) is 0 Å². The monoisotopic (exact) mass is 358 g/mol. The van der Waals surface area contributed by atoms with Crippen LogP contribution >= 0.6 is 43.6 Å². The minimum Gasteiger partial charge on any atom is -0.383 e. The largest absolute Gasteiger partial charge is 0.476 e. The Balaban J connectivity index is 3.37. The van der Waals surface area contributed by atoms with Crippen LogP contribution in [-0.2, 0) is 8.85 Å². The van der Waals surface area contributed by atoms with Crippen LogP contribution in [0.2, 0.25) is 0 Å². The van der Waals surface area contributed by atoms with Gasteiger partial charge >= 0.3 is 3.55 Å². The van der Waals surface area contributed by atoms with Crippen molar-refractivity contribution in [3.63, 3.8) is 0 Å². The standard InChI is InChI=1S/C3H8I2O2Si/c1-3-7-8(4,5)6-2/h3H2,1-2H3. The second kappa shape index (κ2) is 4.42. The zero-order valence-electron chi connectivity index (χ0n) is 4.78. The van der Waals surface area contributed by atoms with Gasteiger partial charge in [-0.05, 0) is 50.5 Å². The Morgan fingerprint density at radius 3 is 2.12 bits per heavy atom. The molecule has 0 heterocycles. The molecule has 0 saturated heterocycles. The molecule has 5 heteroatoms. The summed E-state index contributed by atoms with van der Waals surface area (Å²) in [5, 5.41) is 0. The van der Waals surface area contributed by atoms with Gasteiger partial charge in [0.2, 0.25) is 0 Å². The fourth-order valence-corrected chi connectivity index (χ4v) is 2.55. The third-order valence-electron chi connectivity index (χ3n) is 0.550. The number of rotatable bonds is 3. The summed E-state index contributed by atoms with van der Waals surface area (Å²) in [5.41, 5.74) is 0. The maximum Gasteiger partial charge on any atom is 0.476 e. The summed E-state index contributed by atoms with van der Waals surface area (Å²) >= 11 is 4.44. The lowest BCUT2D eigenvalue weighted by Crippen LogP contribution is -2.25. The maximum atomic E-state index is 5.27. The molecule has 0 saturated carbocycles. The smallest absolute Gasteiger partial charge is 0.383 e. The van der Waals surface area contributed by atoms with E-state index >= 15 is 0 Å². The quantitative estimate of drug-likeness (QED) is 0.437. The van der Waals surface area contributed by atoms with E-state index in [0.717, 1.165) is 6.61 Å². The fourth-order valence-electron chi connectivity index (χ4n) is 0.227. The number of hydrogen-bond donors (Lipinski definition) is 0. The van der Waals surface area contributed by atoms with Crippen molar-refractivity contribution in [3.05, 3.63) is 0 Å². The minimum atomic E-state index is -1.74. The molecule has 2 nitrogen and oxygen atoms in total. The third kappa shape index (κ3) is 4.47. The summed E-state index contributed by atoms with van der Waals surface area (Å²) in [5.74, 6) is 0. The van der Waals surface area contributed by atoms with Crippen LogP contribution in [0.4, 0.5) is 0 Å². The van der Waals surface area contributed by atoms with Crippen molar-refractivity contribution in [3.8, 4) is 0 Å². The molecule has 0 aromatic heterocycles. The van der Waals surface area contributed by atoms with Gasteiger partial charge in [-0.1, -0.05) is 0 Å². The van der Waals surface area contributed by atoms with Crippen molar-refractivity contribution < 1.29 is 8.85 Å². The molecule has 0 aliphatic rings. The Labute approximate surface area is 76.0 Å². The predicted molar refractivity (Wildman–Crippen MR) is 52.4 cm³/mol. The zero-order valence-corrected chi connectivity index (χ0v) is 10.1.